The Hall–Kier alpha value is -2.37. The van der Waals surface area contributed by atoms with E-state index >= 15 is 0 Å². The van der Waals surface area contributed by atoms with E-state index in [-0.39, 0.29) is 24.0 Å². The summed E-state index contributed by atoms with van der Waals surface area (Å²) in [6.45, 7) is 3.22. The summed E-state index contributed by atoms with van der Waals surface area (Å²) in [7, 11) is 1.72. The third-order valence-corrected chi connectivity index (χ3v) is 6.36. The number of carbonyl (C=O) groups excluding carboxylic acids is 1. The fourth-order valence-electron chi connectivity index (χ4n) is 4.27. The first-order valence-electron chi connectivity index (χ1n) is 11.2. The van der Waals surface area contributed by atoms with Crippen molar-refractivity contribution in [2.24, 2.45) is 5.92 Å². The largest absolute Gasteiger partial charge is 0.497 e. The molecule has 30 heavy (non-hydrogen) atoms. The van der Waals surface area contributed by atoms with E-state index in [9.17, 15) is 4.79 Å². The molecule has 2 atom stereocenters. The summed E-state index contributed by atoms with van der Waals surface area (Å²) in [5, 5.41) is 10.5. The molecule has 2 aliphatic rings. The van der Waals surface area contributed by atoms with Crippen molar-refractivity contribution >= 4 is 11.6 Å². The summed E-state index contributed by atoms with van der Waals surface area (Å²) in [5.74, 6) is 1.25. The molecule has 1 aliphatic heterocycles. The van der Waals surface area contributed by atoms with Gasteiger partial charge in [-0.05, 0) is 66.8 Å². The second-order valence-corrected chi connectivity index (χ2v) is 8.47. The molecule has 5 heteroatoms. The van der Waals surface area contributed by atoms with Crippen molar-refractivity contribution in [1.82, 2.24) is 10.6 Å². The van der Waals surface area contributed by atoms with Gasteiger partial charge in [0.1, 0.15) is 5.75 Å². The summed E-state index contributed by atoms with van der Waals surface area (Å²) < 4.78 is 5.46. The van der Waals surface area contributed by atoms with Crippen LogP contribution < -0.4 is 20.7 Å². The number of methoxy groups -OCH3 is 1. The van der Waals surface area contributed by atoms with Crippen LogP contribution in [0.15, 0.2) is 42.5 Å². The van der Waals surface area contributed by atoms with Crippen molar-refractivity contribution in [1.29, 1.82) is 0 Å². The van der Waals surface area contributed by atoms with Crippen molar-refractivity contribution in [2.45, 2.75) is 57.7 Å². The summed E-state index contributed by atoms with van der Waals surface area (Å²) in [6, 6.07) is 14.7. The van der Waals surface area contributed by atoms with E-state index in [1.54, 1.807) is 7.11 Å². The Bertz CT molecular complexity index is 861. The van der Waals surface area contributed by atoms with Gasteiger partial charge in [-0.15, -0.1) is 0 Å². The van der Waals surface area contributed by atoms with Gasteiger partial charge in [0.25, 0.3) is 0 Å². The SMILES string of the molecule is CCCCN[C@H]1Cc2cc(OC)ccc2[C@H](c2ccc(NC(=O)C3CCC3)cc2)N1. The number of nitrogens with one attached hydrogen (secondary N) is 3. The Balaban J connectivity index is 1.52. The Kier molecular flexibility index (Phi) is 6.70. The van der Waals surface area contributed by atoms with Crippen molar-refractivity contribution in [3.05, 3.63) is 59.2 Å². The van der Waals surface area contributed by atoms with Crippen LogP contribution in [-0.2, 0) is 11.2 Å². The number of hydrogen-bond donors (Lipinski definition) is 3. The average molecular weight is 408 g/mol. The van der Waals surface area contributed by atoms with Gasteiger partial charge in [0, 0.05) is 18.0 Å². The zero-order valence-corrected chi connectivity index (χ0v) is 18.0. The molecule has 1 heterocycles. The third kappa shape index (κ3) is 4.68. The van der Waals surface area contributed by atoms with Crippen LogP contribution in [-0.4, -0.2) is 25.7 Å². The maximum absolute atomic E-state index is 12.2. The molecule has 4 rings (SSSR count). The van der Waals surface area contributed by atoms with Gasteiger partial charge in [-0.25, -0.2) is 0 Å². The maximum atomic E-state index is 12.2. The first kappa shape index (κ1) is 20.9. The fourth-order valence-corrected chi connectivity index (χ4v) is 4.27. The topological polar surface area (TPSA) is 62.4 Å². The van der Waals surface area contributed by atoms with E-state index in [0.29, 0.717) is 0 Å². The summed E-state index contributed by atoms with van der Waals surface area (Å²) in [4.78, 5) is 12.2. The summed E-state index contributed by atoms with van der Waals surface area (Å²) >= 11 is 0. The second-order valence-electron chi connectivity index (χ2n) is 8.47. The standard InChI is InChI=1S/C25H33N3O2/c1-3-4-14-26-23-16-19-15-21(30-2)12-13-22(19)24(28-23)17-8-10-20(11-9-17)27-25(29)18-6-5-7-18/h8-13,15,18,23-24,26,28H,3-7,14,16H2,1-2H3,(H,27,29)/t23-,24+/m1/s1. The smallest absolute Gasteiger partial charge is 0.227 e. The Morgan fingerprint density at radius 3 is 2.63 bits per heavy atom. The van der Waals surface area contributed by atoms with Crippen LogP contribution in [0.3, 0.4) is 0 Å². The van der Waals surface area contributed by atoms with Crippen LogP contribution in [0.25, 0.3) is 0 Å². The molecule has 160 valence electrons. The van der Waals surface area contributed by atoms with E-state index in [1.165, 1.54) is 36.0 Å². The minimum atomic E-state index is 0.107. The molecule has 5 nitrogen and oxygen atoms in total. The molecule has 0 radical (unpaired) electrons. The quantitative estimate of drug-likeness (QED) is 0.568. The van der Waals surface area contributed by atoms with Gasteiger partial charge in [0.05, 0.1) is 19.3 Å². The highest BCUT2D eigenvalue weighted by Gasteiger charge is 2.28. The number of benzene rings is 2. The third-order valence-electron chi connectivity index (χ3n) is 6.36. The predicted octanol–water partition coefficient (Wildman–Crippen LogP) is 4.38. The molecule has 0 saturated heterocycles. The lowest BCUT2D eigenvalue weighted by Gasteiger charge is -2.34. The van der Waals surface area contributed by atoms with Crippen molar-refractivity contribution in [2.75, 3.05) is 19.0 Å². The molecular weight excluding hydrogens is 374 g/mol. The van der Waals surface area contributed by atoms with Crippen LogP contribution in [0.5, 0.6) is 5.75 Å². The lowest BCUT2D eigenvalue weighted by Crippen LogP contribution is -2.49. The van der Waals surface area contributed by atoms with Gasteiger partial charge in [-0.3, -0.25) is 10.1 Å². The average Bonchev–Trinajstić information content (AvgIpc) is 2.72. The highest BCUT2D eigenvalue weighted by Crippen LogP contribution is 2.33. The van der Waals surface area contributed by atoms with E-state index in [4.69, 9.17) is 4.74 Å². The Labute approximate surface area is 179 Å². The molecule has 3 N–H and O–H groups in total. The van der Waals surface area contributed by atoms with E-state index in [0.717, 1.165) is 37.2 Å². The number of fused-ring (bicyclic) bond motifs is 1. The molecule has 2 aromatic rings. The van der Waals surface area contributed by atoms with Crippen molar-refractivity contribution in [3.8, 4) is 5.75 Å². The van der Waals surface area contributed by atoms with Crippen LogP contribution >= 0.6 is 0 Å². The second kappa shape index (κ2) is 9.63. The molecule has 1 fully saturated rings. The number of anilines is 1. The molecule has 1 aliphatic carbocycles. The zero-order valence-electron chi connectivity index (χ0n) is 18.0. The van der Waals surface area contributed by atoms with Crippen LogP contribution in [0.4, 0.5) is 5.69 Å². The number of amides is 1. The molecule has 1 amide bonds. The number of carbonyl (C=O) groups is 1. The van der Waals surface area contributed by atoms with Gasteiger partial charge in [0.15, 0.2) is 0 Å². The van der Waals surface area contributed by atoms with Crippen molar-refractivity contribution in [3.63, 3.8) is 0 Å². The lowest BCUT2D eigenvalue weighted by atomic mass is 9.85. The number of ether oxygens (including phenoxy) is 1. The molecular formula is C25H33N3O2. The molecule has 0 bridgehead atoms. The van der Waals surface area contributed by atoms with Crippen LogP contribution in [0.1, 0.15) is 61.8 Å². The first-order chi connectivity index (χ1) is 14.7. The highest BCUT2D eigenvalue weighted by molar-refractivity contribution is 5.93. The first-order valence-corrected chi connectivity index (χ1v) is 11.2. The van der Waals surface area contributed by atoms with E-state index in [2.05, 4.69) is 47.1 Å². The van der Waals surface area contributed by atoms with Crippen LogP contribution in [0.2, 0.25) is 0 Å². The van der Waals surface area contributed by atoms with E-state index < -0.39 is 0 Å². The predicted molar refractivity (Wildman–Crippen MR) is 121 cm³/mol. The lowest BCUT2D eigenvalue weighted by molar-refractivity contribution is -0.122. The maximum Gasteiger partial charge on any atom is 0.227 e. The van der Waals surface area contributed by atoms with Gasteiger partial charge in [-0.1, -0.05) is 38.0 Å². The van der Waals surface area contributed by atoms with Crippen LogP contribution in [0, 0.1) is 5.92 Å². The number of unbranched alkanes of at least 4 members (excludes halogenated alkanes) is 1. The van der Waals surface area contributed by atoms with E-state index in [1.807, 2.05) is 18.2 Å². The molecule has 0 unspecified atom stereocenters. The number of rotatable bonds is 8. The highest BCUT2D eigenvalue weighted by atomic mass is 16.5. The normalized spacial score (nSPS) is 20.9. The van der Waals surface area contributed by atoms with Gasteiger partial charge >= 0.3 is 0 Å². The molecule has 1 saturated carbocycles. The molecule has 0 aromatic heterocycles. The monoisotopic (exact) mass is 407 g/mol. The summed E-state index contributed by atoms with van der Waals surface area (Å²) in [6.07, 6.45) is 6.71. The Morgan fingerprint density at radius 1 is 1.17 bits per heavy atom. The minimum Gasteiger partial charge on any atom is -0.497 e. The number of hydrogen-bond acceptors (Lipinski definition) is 4. The molecule has 0 spiro atoms. The summed E-state index contributed by atoms with van der Waals surface area (Å²) in [5.41, 5.74) is 4.68. The zero-order chi connectivity index (χ0) is 20.9. The van der Waals surface area contributed by atoms with Crippen molar-refractivity contribution < 1.29 is 9.53 Å². The van der Waals surface area contributed by atoms with Gasteiger partial charge in [-0.2, -0.15) is 0 Å². The van der Waals surface area contributed by atoms with Gasteiger partial charge in [0.2, 0.25) is 5.91 Å². The molecule has 2 aromatic carbocycles. The minimum absolute atomic E-state index is 0.107. The Morgan fingerprint density at radius 2 is 1.97 bits per heavy atom. The fraction of sp³-hybridized carbons (Fsp3) is 0.480. The van der Waals surface area contributed by atoms with Gasteiger partial charge < -0.3 is 15.4 Å².